The molecule has 0 bridgehead atoms. The summed E-state index contributed by atoms with van der Waals surface area (Å²) in [6, 6.07) is 16.4. The summed E-state index contributed by atoms with van der Waals surface area (Å²) in [6.07, 6.45) is 4.71. The Bertz CT molecular complexity index is 863. The molecule has 0 aromatic heterocycles. The molecule has 6 heteroatoms. The van der Waals surface area contributed by atoms with Crippen LogP contribution in [0.2, 0.25) is 0 Å². The summed E-state index contributed by atoms with van der Waals surface area (Å²) in [5.74, 6) is 0.395. The highest BCUT2D eigenvalue weighted by Crippen LogP contribution is 2.23. The van der Waals surface area contributed by atoms with E-state index in [4.69, 9.17) is 9.47 Å². The molecule has 0 unspecified atom stereocenters. The standard InChI is InChI=1S/C25H30N2O4/c28-24(27-16-6-9-22(27)19-26-14-4-5-15-26)20-10-12-23(13-11-20)30-17-18-31-25(29)21-7-2-1-3-8-21/h1-3,7-8,10-13,22H,4-6,9,14-19H2/t22-/m0/s1. The number of carbonyl (C=O) groups excluding carboxylic acids is 2. The van der Waals surface area contributed by atoms with Gasteiger partial charge in [0.25, 0.3) is 5.91 Å². The van der Waals surface area contributed by atoms with Gasteiger partial charge in [-0.15, -0.1) is 0 Å². The van der Waals surface area contributed by atoms with Crippen molar-refractivity contribution >= 4 is 11.9 Å². The van der Waals surface area contributed by atoms with E-state index in [2.05, 4.69) is 4.90 Å². The second kappa shape index (κ2) is 10.4. The predicted molar refractivity (Wildman–Crippen MR) is 118 cm³/mol. The van der Waals surface area contributed by atoms with E-state index >= 15 is 0 Å². The molecule has 2 aliphatic rings. The summed E-state index contributed by atoms with van der Waals surface area (Å²) < 4.78 is 10.9. The molecule has 0 saturated carbocycles. The van der Waals surface area contributed by atoms with Crippen molar-refractivity contribution in [2.75, 3.05) is 39.4 Å². The molecule has 0 N–H and O–H groups in total. The number of likely N-dealkylation sites (tertiary alicyclic amines) is 2. The van der Waals surface area contributed by atoms with Crippen molar-refractivity contribution in [1.29, 1.82) is 0 Å². The average molecular weight is 423 g/mol. The quantitative estimate of drug-likeness (QED) is 0.480. The van der Waals surface area contributed by atoms with Crippen LogP contribution in [-0.4, -0.2) is 67.1 Å². The number of hydrogen-bond acceptors (Lipinski definition) is 5. The van der Waals surface area contributed by atoms with Gasteiger partial charge in [0.2, 0.25) is 0 Å². The number of esters is 1. The van der Waals surface area contributed by atoms with Crippen LogP contribution in [0.5, 0.6) is 5.75 Å². The lowest BCUT2D eigenvalue weighted by molar-refractivity contribution is 0.0450. The lowest BCUT2D eigenvalue weighted by Gasteiger charge is -2.28. The maximum absolute atomic E-state index is 13.0. The number of amides is 1. The van der Waals surface area contributed by atoms with Crippen LogP contribution in [0.25, 0.3) is 0 Å². The van der Waals surface area contributed by atoms with Gasteiger partial charge in [0.15, 0.2) is 0 Å². The second-order valence-corrected chi connectivity index (χ2v) is 8.18. The molecule has 0 aliphatic carbocycles. The molecular weight excluding hydrogens is 392 g/mol. The third-order valence-electron chi connectivity index (χ3n) is 6.00. The van der Waals surface area contributed by atoms with Crippen molar-refractivity contribution in [2.45, 2.75) is 31.7 Å². The normalized spacial score (nSPS) is 18.8. The van der Waals surface area contributed by atoms with Crippen molar-refractivity contribution in [3.8, 4) is 5.75 Å². The van der Waals surface area contributed by atoms with E-state index in [1.54, 1.807) is 36.4 Å². The largest absolute Gasteiger partial charge is 0.490 e. The molecule has 2 aliphatic heterocycles. The fourth-order valence-electron chi connectivity index (χ4n) is 4.37. The first-order chi connectivity index (χ1) is 15.2. The summed E-state index contributed by atoms with van der Waals surface area (Å²) in [6.45, 7) is 4.57. The zero-order valence-electron chi connectivity index (χ0n) is 17.9. The Kier molecular flexibility index (Phi) is 7.20. The van der Waals surface area contributed by atoms with Gasteiger partial charge in [-0.2, -0.15) is 0 Å². The van der Waals surface area contributed by atoms with Crippen LogP contribution in [0.1, 0.15) is 46.4 Å². The molecule has 164 valence electrons. The summed E-state index contributed by atoms with van der Waals surface area (Å²) in [4.78, 5) is 29.5. The summed E-state index contributed by atoms with van der Waals surface area (Å²) in [5, 5.41) is 0. The van der Waals surface area contributed by atoms with Crippen LogP contribution in [0.3, 0.4) is 0 Å². The van der Waals surface area contributed by atoms with Gasteiger partial charge in [0, 0.05) is 24.7 Å². The number of carbonyl (C=O) groups is 2. The van der Waals surface area contributed by atoms with E-state index in [9.17, 15) is 9.59 Å². The van der Waals surface area contributed by atoms with Crippen LogP contribution in [0.15, 0.2) is 54.6 Å². The molecule has 2 aromatic rings. The van der Waals surface area contributed by atoms with E-state index in [-0.39, 0.29) is 25.1 Å². The fourth-order valence-corrected chi connectivity index (χ4v) is 4.37. The number of hydrogen-bond donors (Lipinski definition) is 0. The summed E-state index contributed by atoms with van der Waals surface area (Å²) in [5.41, 5.74) is 1.21. The molecule has 1 atom stereocenters. The molecular formula is C25H30N2O4. The first kappa shape index (κ1) is 21.4. The molecule has 2 saturated heterocycles. The van der Waals surface area contributed by atoms with Gasteiger partial charge in [-0.25, -0.2) is 4.79 Å². The minimum Gasteiger partial charge on any atom is -0.490 e. The van der Waals surface area contributed by atoms with E-state index in [1.165, 1.54) is 12.8 Å². The molecule has 6 nitrogen and oxygen atoms in total. The molecule has 31 heavy (non-hydrogen) atoms. The van der Waals surface area contributed by atoms with E-state index in [1.807, 2.05) is 23.1 Å². The van der Waals surface area contributed by atoms with Crippen LogP contribution in [0, 0.1) is 0 Å². The van der Waals surface area contributed by atoms with Gasteiger partial charge >= 0.3 is 5.97 Å². The van der Waals surface area contributed by atoms with Crippen LogP contribution in [-0.2, 0) is 4.74 Å². The molecule has 1 amide bonds. The zero-order chi connectivity index (χ0) is 21.5. The van der Waals surface area contributed by atoms with Crippen LogP contribution < -0.4 is 4.74 Å². The Balaban J connectivity index is 1.24. The topological polar surface area (TPSA) is 59.1 Å². The highest BCUT2D eigenvalue weighted by Gasteiger charge is 2.31. The molecule has 0 spiro atoms. The van der Waals surface area contributed by atoms with Gasteiger partial charge in [-0.1, -0.05) is 18.2 Å². The third kappa shape index (κ3) is 5.64. The first-order valence-corrected chi connectivity index (χ1v) is 11.2. The summed E-state index contributed by atoms with van der Waals surface area (Å²) >= 11 is 0. The van der Waals surface area contributed by atoms with Crippen molar-refractivity contribution < 1.29 is 19.1 Å². The maximum Gasteiger partial charge on any atom is 0.338 e. The molecule has 4 rings (SSSR count). The Morgan fingerprint density at radius 2 is 1.58 bits per heavy atom. The molecule has 2 aromatic carbocycles. The van der Waals surface area contributed by atoms with Gasteiger partial charge in [0.1, 0.15) is 19.0 Å². The van der Waals surface area contributed by atoms with Crippen molar-refractivity contribution in [3.63, 3.8) is 0 Å². The number of benzene rings is 2. The summed E-state index contributed by atoms with van der Waals surface area (Å²) in [7, 11) is 0. The predicted octanol–water partition coefficient (Wildman–Crippen LogP) is 3.62. The Morgan fingerprint density at radius 1 is 0.839 bits per heavy atom. The SMILES string of the molecule is O=C(OCCOc1ccc(C(=O)N2CCC[C@H]2CN2CCCC2)cc1)c1ccccc1. The van der Waals surface area contributed by atoms with Crippen LogP contribution in [0.4, 0.5) is 0 Å². The fraction of sp³-hybridized carbons (Fsp3) is 0.440. The second-order valence-electron chi connectivity index (χ2n) is 8.18. The van der Waals surface area contributed by atoms with Gasteiger partial charge < -0.3 is 19.3 Å². The van der Waals surface area contributed by atoms with E-state index < -0.39 is 0 Å². The minimum atomic E-state index is -0.362. The van der Waals surface area contributed by atoms with Crippen molar-refractivity contribution in [3.05, 3.63) is 65.7 Å². The number of nitrogens with zero attached hydrogens (tertiary/aromatic N) is 2. The Morgan fingerprint density at radius 3 is 2.32 bits per heavy atom. The average Bonchev–Trinajstić information content (AvgIpc) is 3.50. The lowest BCUT2D eigenvalue weighted by atomic mass is 10.1. The lowest BCUT2D eigenvalue weighted by Crippen LogP contribution is -2.42. The number of rotatable bonds is 8. The Labute approximate surface area is 183 Å². The van der Waals surface area contributed by atoms with Crippen LogP contribution >= 0.6 is 0 Å². The smallest absolute Gasteiger partial charge is 0.338 e. The molecule has 0 radical (unpaired) electrons. The van der Waals surface area contributed by atoms with Gasteiger partial charge in [-0.05, 0) is 75.2 Å². The Hall–Kier alpha value is -2.86. The number of ether oxygens (including phenoxy) is 2. The third-order valence-corrected chi connectivity index (χ3v) is 6.00. The molecule has 2 fully saturated rings. The zero-order valence-corrected chi connectivity index (χ0v) is 17.9. The minimum absolute atomic E-state index is 0.102. The molecule has 2 heterocycles. The maximum atomic E-state index is 13.0. The monoisotopic (exact) mass is 422 g/mol. The van der Waals surface area contributed by atoms with Gasteiger partial charge in [0.05, 0.1) is 5.56 Å². The van der Waals surface area contributed by atoms with E-state index in [0.717, 1.165) is 39.0 Å². The highest BCUT2D eigenvalue weighted by molar-refractivity contribution is 5.94. The highest BCUT2D eigenvalue weighted by atomic mass is 16.6. The van der Waals surface area contributed by atoms with Crippen molar-refractivity contribution in [1.82, 2.24) is 9.80 Å². The van der Waals surface area contributed by atoms with Crippen molar-refractivity contribution in [2.24, 2.45) is 0 Å². The van der Waals surface area contributed by atoms with Gasteiger partial charge in [-0.3, -0.25) is 4.79 Å². The first-order valence-electron chi connectivity index (χ1n) is 11.2. The van der Waals surface area contributed by atoms with E-state index in [0.29, 0.717) is 22.9 Å².